The fraction of sp³-hybridized carbons (Fsp3) is 0.583. The minimum atomic E-state index is -0.0791. The standard InChI is InChI=1S/C12H18ClNO2S/c1-8(2)4-9(6-13)14-12(15)11-5-10(16-3)7-17-11/h5,7-9H,4,6H2,1-3H3,(H,14,15). The zero-order chi connectivity index (χ0) is 12.8. The van der Waals surface area contributed by atoms with E-state index in [-0.39, 0.29) is 11.9 Å². The van der Waals surface area contributed by atoms with Crippen molar-refractivity contribution in [2.45, 2.75) is 26.3 Å². The highest BCUT2D eigenvalue weighted by Crippen LogP contribution is 2.21. The average Bonchev–Trinajstić information content (AvgIpc) is 2.75. The first kappa shape index (κ1) is 14.3. The highest BCUT2D eigenvalue weighted by molar-refractivity contribution is 7.12. The third-order valence-corrected chi connectivity index (χ3v) is 3.59. The fourth-order valence-corrected chi connectivity index (χ4v) is 2.49. The second-order valence-electron chi connectivity index (χ2n) is 4.31. The van der Waals surface area contributed by atoms with Gasteiger partial charge < -0.3 is 10.1 Å². The number of carbonyl (C=O) groups is 1. The maximum absolute atomic E-state index is 11.9. The summed E-state index contributed by atoms with van der Waals surface area (Å²) < 4.78 is 5.05. The van der Waals surface area contributed by atoms with Crippen LogP contribution in [0.3, 0.4) is 0 Å². The number of halogens is 1. The Hall–Kier alpha value is -0.740. The minimum Gasteiger partial charge on any atom is -0.496 e. The first-order valence-corrected chi connectivity index (χ1v) is 6.97. The Bertz CT molecular complexity index is 365. The number of ether oxygens (including phenoxy) is 1. The van der Waals surface area contributed by atoms with E-state index >= 15 is 0 Å². The topological polar surface area (TPSA) is 38.3 Å². The number of rotatable bonds is 6. The Labute approximate surface area is 111 Å². The van der Waals surface area contributed by atoms with Crippen molar-refractivity contribution in [2.24, 2.45) is 5.92 Å². The Kier molecular flexibility index (Phi) is 5.78. The Morgan fingerprint density at radius 2 is 2.29 bits per heavy atom. The van der Waals surface area contributed by atoms with Crippen LogP contribution in [0.4, 0.5) is 0 Å². The molecule has 1 unspecified atom stereocenters. The molecule has 0 saturated carbocycles. The number of hydrogen-bond acceptors (Lipinski definition) is 3. The number of methoxy groups -OCH3 is 1. The van der Waals surface area contributed by atoms with Crippen LogP contribution in [0.1, 0.15) is 29.9 Å². The van der Waals surface area contributed by atoms with Crippen molar-refractivity contribution in [3.05, 3.63) is 16.3 Å². The minimum absolute atomic E-state index is 0.0252. The van der Waals surface area contributed by atoms with Crippen molar-refractivity contribution >= 4 is 28.8 Å². The maximum atomic E-state index is 11.9. The third-order valence-electron chi connectivity index (χ3n) is 2.31. The molecule has 0 radical (unpaired) electrons. The van der Waals surface area contributed by atoms with E-state index in [1.165, 1.54) is 11.3 Å². The molecule has 1 aromatic rings. The second-order valence-corrected chi connectivity index (χ2v) is 5.52. The molecular formula is C12H18ClNO2S. The van der Waals surface area contributed by atoms with E-state index in [2.05, 4.69) is 19.2 Å². The van der Waals surface area contributed by atoms with Gasteiger partial charge in [-0.15, -0.1) is 22.9 Å². The van der Waals surface area contributed by atoms with Crippen LogP contribution in [0.5, 0.6) is 5.75 Å². The molecule has 1 rings (SSSR count). The van der Waals surface area contributed by atoms with E-state index in [0.717, 1.165) is 6.42 Å². The van der Waals surface area contributed by atoms with Gasteiger partial charge in [0, 0.05) is 23.4 Å². The predicted molar refractivity (Wildman–Crippen MR) is 72.3 cm³/mol. The van der Waals surface area contributed by atoms with Crippen molar-refractivity contribution < 1.29 is 9.53 Å². The number of carbonyl (C=O) groups excluding carboxylic acids is 1. The Balaban J connectivity index is 2.57. The van der Waals surface area contributed by atoms with Crippen molar-refractivity contribution in [1.29, 1.82) is 0 Å². The number of alkyl halides is 1. The Morgan fingerprint density at radius 3 is 2.76 bits per heavy atom. The SMILES string of the molecule is COc1csc(C(=O)NC(CCl)CC(C)C)c1. The lowest BCUT2D eigenvalue weighted by molar-refractivity contribution is 0.0940. The molecule has 0 bridgehead atoms. The monoisotopic (exact) mass is 275 g/mol. The van der Waals surface area contributed by atoms with Crippen LogP contribution in [0, 0.1) is 5.92 Å². The zero-order valence-electron chi connectivity index (χ0n) is 10.3. The number of thiophene rings is 1. The van der Waals surface area contributed by atoms with Crippen LogP contribution in [0.25, 0.3) is 0 Å². The van der Waals surface area contributed by atoms with Gasteiger partial charge in [-0.05, 0) is 12.3 Å². The van der Waals surface area contributed by atoms with Crippen molar-refractivity contribution in [1.82, 2.24) is 5.32 Å². The van der Waals surface area contributed by atoms with Gasteiger partial charge in [-0.3, -0.25) is 4.79 Å². The maximum Gasteiger partial charge on any atom is 0.261 e. The zero-order valence-corrected chi connectivity index (χ0v) is 11.9. The molecule has 3 nitrogen and oxygen atoms in total. The number of hydrogen-bond donors (Lipinski definition) is 1. The molecule has 1 amide bonds. The third kappa shape index (κ3) is 4.56. The first-order valence-electron chi connectivity index (χ1n) is 5.56. The molecule has 0 aromatic carbocycles. The summed E-state index contributed by atoms with van der Waals surface area (Å²) in [5.74, 6) is 1.58. The van der Waals surface area contributed by atoms with E-state index in [9.17, 15) is 4.79 Å². The largest absolute Gasteiger partial charge is 0.496 e. The molecule has 17 heavy (non-hydrogen) atoms. The van der Waals surface area contributed by atoms with Gasteiger partial charge in [-0.1, -0.05) is 13.8 Å². The predicted octanol–water partition coefficient (Wildman–Crippen LogP) is 3.14. The average molecular weight is 276 g/mol. The summed E-state index contributed by atoms with van der Waals surface area (Å²) in [5, 5.41) is 4.75. The second kappa shape index (κ2) is 6.87. The van der Waals surface area contributed by atoms with Gasteiger partial charge in [0.15, 0.2) is 0 Å². The summed E-state index contributed by atoms with van der Waals surface area (Å²) in [6.45, 7) is 4.22. The molecule has 0 aliphatic rings. The summed E-state index contributed by atoms with van der Waals surface area (Å²) in [6.07, 6.45) is 0.887. The fourth-order valence-electron chi connectivity index (χ4n) is 1.53. The normalized spacial score (nSPS) is 12.5. The van der Waals surface area contributed by atoms with Crippen LogP contribution in [-0.2, 0) is 0 Å². The summed E-state index contributed by atoms with van der Waals surface area (Å²) in [6, 6.07) is 1.76. The van der Waals surface area contributed by atoms with Crippen LogP contribution in [0.2, 0.25) is 0 Å². The lowest BCUT2D eigenvalue weighted by Crippen LogP contribution is -2.36. The molecule has 96 valence electrons. The Morgan fingerprint density at radius 1 is 1.59 bits per heavy atom. The highest BCUT2D eigenvalue weighted by atomic mass is 35.5. The quantitative estimate of drug-likeness (QED) is 0.810. The van der Waals surface area contributed by atoms with Crippen LogP contribution in [0.15, 0.2) is 11.4 Å². The molecule has 1 aromatic heterocycles. The van der Waals surface area contributed by atoms with Crippen LogP contribution >= 0.6 is 22.9 Å². The molecule has 0 aliphatic carbocycles. The van der Waals surface area contributed by atoms with Gasteiger partial charge in [0.2, 0.25) is 0 Å². The molecule has 1 atom stereocenters. The molecule has 0 fully saturated rings. The van der Waals surface area contributed by atoms with E-state index in [1.807, 2.05) is 5.38 Å². The first-order chi connectivity index (χ1) is 8.06. The van der Waals surface area contributed by atoms with Gasteiger partial charge in [-0.25, -0.2) is 0 Å². The molecule has 5 heteroatoms. The van der Waals surface area contributed by atoms with Crippen LogP contribution in [-0.4, -0.2) is 24.9 Å². The smallest absolute Gasteiger partial charge is 0.261 e. The van der Waals surface area contributed by atoms with E-state index in [0.29, 0.717) is 22.4 Å². The molecule has 1 N–H and O–H groups in total. The highest BCUT2D eigenvalue weighted by Gasteiger charge is 2.15. The van der Waals surface area contributed by atoms with Gasteiger partial charge in [-0.2, -0.15) is 0 Å². The van der Waals surface area contributed by atoms with Gasteiger partial charge in [0.05, 0.1) is 12.0 Å². The van der Waals surface area contributed by atoms with Crippen molar-refractivity contribution in [3.8, 4) is 5.75 Å². The van der Waals surface area contributed by atoms with E-state index in [4.69, 9.17) is 16.3 Å². The molecular weight excluding hydrogens is 258 g/mol. The van der Waals surface area contributed by atoms with E-state index in [1.54, 1.807) is 13.2 Å². The van der Waals surface area contributed by atoms with Gasteiger partial charge in [0.1, 0.15) is 5.75 Å². The van der Waals surface area contributed by atoms with Crippen molar-refractivity contribution in [3.63, 3.8) is 0 Å². The summed E-state index contributed by atoms with van der Waals surface area (Å²) in [7, 11) is 1.59. The summed E-state index contributed by atoms with van der Waals surface area (Å²) in [5.41, 5.74) is 0. The van der Waals surface area contributed by atoms with Crippen LogP contribution < -0.4 is 10.1 Å². The van der Waals surface area contributed by atoms with Gasteiger partial charge >= 0.3 is 0 Å². The molecule has 0 aliphatic heterocycles. The van der Waals surface area contributed by atoms with E-state index < -0.39 is 0 Å². The molecule has 0 spiro atoms. The molecule has 1 heterocycles. The van der Waals surface area contributed by atoms with Gasteiger partial charge in [0.25, 0.3) is 5.91 Å². The summed E-state index contributed by atoms with van der Waals surface area (Å²) in [4.78, 5) is 12.6. The molecule has 0 saturated heterocycles. The number of amides is 1. The lowest BCUT2D eigenvalue weighted by Gasteiger charge is -2.17. The van der Waals surface area contributed by atoms with Crippen molar-refractivity contribution in [2.75, 3.05) is 13.0 Å². The summed E-state index contributed by atoms with van der Waals surface area (Å²) >= 11 is 7.21. The lowest BCUT2D eigenvalue weighted by atomic mass is 10.1. The number of nitrogens with one attached hydrogen (secondary N) is 1.